The Balaban J connectivity index is 2.31. The zero-order valence-corrected chi connectivity index (χ0v) is 15.0. The minimum absolute atomic E-state index is 0.285. The van der Waals surface area contributed by atoms with Gasteiger partial charge in [0.15, 0.2) is 0 Å². The van der Waals surface area contributed by atoms with Gasteiger partial charge >= 0.3 is 0 Å². The first kappa shape index (κ1) is 16.3. The fraction of sp³-hybridized carbons (Fsp3) is 0.294. The normalized spacial score (nSPS) is 12.3. The van der Waals surface area contributed by atoms with Crippen LogP contribution in [0.1, 0.15) is 29.7 Å². The summed E-state index contributed by atoms with van der Waals surface area (Å²) >= 11 is 9.66. The van der Waals surface area contributed by atoms with Gasteiger partial charge in [-0.1, -0.05) is 33.6 Å². The summed E-state index contributed by atoms with van der Waals surface area (Å²) in [5, 5.41) is 3.96. The summed E-state index contributed by atoms with van der Waals surface area (Å²) < 4.78 is 7.07. The van der Waals surface area contributed by atoms with E-state index in [1.54, 1.807) is 0 Å². The van der Waals surface area contributed by atoms with Gasteiger partial charge in [-0.3, -0.25) is 0 Å². The Labute approximate surface area is 139 Å². The molecule has 2 aromatic carbocycles. The van der Waals surface area contributed by atoms with Crippen LogP contribution in [-0.4, -0.2) is 7.05 Å². The number of nitrogens with one attached hydrogen (secondary N) is 1. The molecule has 1 atom stereocenters. The van der Waals surface area contributed by atoms with Crippen LogP contribution in [-0.2, 0) is 0 Å². The molecule has 0 aliphatic carbocycles. The quantitative estimate of drug-likeness (QED) is 0.737. The number of hydrogen-bond acceptors (Lipinski definition) is 2. The Morgan fingerprint density at radius 3 is 2.29 bits per heavy atom. The lowest BCUT2D eigenvalue weighted by Gasteiger charge is -2.16. The van der Waals surface area contributed by atoms with Crippen LogP contribution in [0.5, 0.6) is 11.5 Å². The summed E-state index contributed by atoms with van der Waals surface area (Å²) in [5.74, 6) is 1.67. The van der Waals surface area contributed by atoms with Gasteiger partial charge in [-0.15, -0.1) is 0 Å². The van der Waals surface area contributed by atoms with Crippen molar-refractivity contribution >= 4 is 27.5 Å². The van der Waals surface area contributed by atoms with E-state index in [1.165, 1.54) is 5.56 Å². The van der Waals surface area contributed by atoms with E-state index in [0.29, 0.717) is 0 Å². The van der Waals surface area contributed by atoms with Crippen molar-refractivity contribution in [1.82, 2.24) is 5.32 Å². The molecule has 0 radical (unpaired) electrons. The monoisotopic (exact) mass is 367 g/mol. The molecule has 0 fully saturated rings. The van der Waals surface area contributed by atoms with Crippen LogP contribution in [0.3, 0.4) is 0 Å². The van der Waals surface area contributed by atoms with Gasteiger partial charge in [-0.2, -0.15) is 0 Å². The predicted octanol–water partition coefficient (Wildman–Crippen LogP) is 5.79. The van der Waals surface area contributed by atoms with Crippen molar-refractivity contribution < 1.29 is 4.74 Å². The van der Waals surface area contributed by atoms with Crippen molar-refractivity contribution in [1.29, 1.82) is 0 Å². The van der Waals surface area contributed by atoms with Crippen molar-refractivity contribution in [2.24, 2.45) is 0 Å². The Morgan fingerprint density at radius 2 is 1.76 bits per heavy atom. The Morgan fingerprint density at radius 1 is 1.14 bits per heavy atom. The lowest BCUT2D eigenvalue weighted by molar-refractivity contribution is 0.474. The lowest BCUT2D eigenvalue weighted by Crippen LogP contribution is -2.12. The molecule has 0 heterocycles. The minimum Gasteiger partial charge on any atom is -0.457 e. The summed E-state index contributed by atoms with van der Waals surface area (Å²) in [6.07, 6.45) is 0. The third-order valence-corrected chi connectivity index (χ3v) is 4.42. The molecule has 4 heteroatoms. The van der Waals surface area contributed by atoms with Gasteiger partial charge in [0.25, 0.3) is 0 Å². The van der Waals surface area contributed by atoms with Gasteiger partial charge in [-0.25, -0.2) is 0 Å². The summed E-state index contributed by atoms with van der Waals surface area (Å²) in [5.41, 5.74) is 3.27. The smallest absolute Gasteiger partial charge is 0.133 e. The standard InChI is InChI=1S/C17H19BrClNO/c1-10-7-13(19)8-11(2)17(10)21-14-5-6-15(12(3)20-4)16(18)9-14/h5-9,12,20H,1-4H3. The van der Waals surface area contributed by atoms with Gasteiger partial charge in [0.1, 0.15) is 11.5 Å². The molecule has 0 bridgehead atoms. The van der Waals surface area contributed by atoms with Crippen molar-refractivity contribution in [2.45, 2.75) is 26.8 Å². The average Bonchev–Trinajstić information content (AvgIpc) is 2.42. The maximum atomic E-state index is 6.05. The van der Waals surface area contributed by atoms with Gasteiger partial charge in [0, 0.05) is 15.5 Å². The maximum absolute atomic E-state index is 6.05. The van der Waals surface area contributed by atoms with Gasteiger partial charge in [0.2, 0.25) is 0 Å². The third kappa shape index (κ3) is 3.79. The van der Waals surface area contributed by atoms with Crippen LogP contribution in [0.15, 0.2) is 34.8 Å². The number of halogens is 2. The average molecular weight is 369 g/mol. The molecule has 1 N–H and O–H groups in total. The fourth-order valence-corrected chi connectivity index (χ4v) is 3.28. The van der Waals surface area contributed by atoms with E-state index < -0.39 is 0 Å². The molecule has 2 nitrogen and oxygen atoms in total. The van der Waals surface area contributed by atoms with E-state index in [0.717, 1.165) is 32.1 Å². The first-order valence-electron chi connectivity index (χ1n) is 6.83. The molecule has 21 heavy (non-hydrogen) atoms. The van der Waals surface area contributed by atoms with Crippen molar-refractivity contribution in [3.63, 3.8) is 0 Å². The van der Waals surface area contributed by atoms with Gasteiger partial charge in [0.05, 0.1) is 0 Å². The number of ether oxygens (including phenoxy) is 1. The summed E-state index contributed by atoms with van der Waals surface area (Å²) in [6.45, 7) is 6.12. The molecule has 0 saturated carbocycles. The largest absolute Gasteiger partial charge is 0.457 e. The van der Waals surface area contributed by atoms with Crippen molar-refractivity contribution in [3.8, 4) is 11.5 Å². The van der Waals surface area contributed by atoms with Crippen molar-refractivity contribution in [2.75, 3.05) is 7.05 Å². The van der Waals surface area contributed by atoms with Crippen molar-refractivity contribution in [3.05, 3.63) is 56.5 Å². The van der Waals surface area contributed by atoms with Crippen LogP contribution < -0.4 is 10.1 Å². The van der Waals surface area contributed by atoms with E-state index in [2.05, 4.69) is 34.2 Å². The number of aryl methyl sites for hydroxylation is 2. The molecule has 0 aromatic heterocycles. The molecule has 0 aliphatic heterocycles. The second kappa shape index (κ2) is 6.82. The number of rotatable bonds is 4. The minimum atomic E-state index is 0.285. The molecular weight excluding hydrogens is 350 g/mol. The van der Waals surface area contributed by atoms with Crippen LogP contribution in [0, 0.1) is 13.8 Å². The van der Waals surface area contributed by atoms with Crippen LogP contribution in [0.2, 0.25) is 5.02 Å². The zero-order valence-electron chi connectivity index (χ0n) is 12.6. The highest BCUT2D eigenvalue weighted by molar-refractivity contribution is 9.10. The predicted molar refractivity (Wildman–Crippen MR) is 92.6 cm³/mol. The highest BCUT2D eigenvalue weighted by Crippen LogP contribution is 2.34. The first-order chi connectivity index (χ1) is 9.92. The summed E-state index contributed by atoms with van der Waals surface area (Å²) in [4.78, 5) is 0. The number of benzene rings is 2. The molecule has 2 rings (SSSR count). The second-order valence-electron chi connectivity index (χ2n) is 5.16. The number of hydrogen-bond donors (Lipinski definition) is 1. The van der Waals surface area contributed by atoms with Crippen LogP contribution in [0.25, 0.3) is 0 Å². The maximum Gasteiger partial charge on any atom is 0.133 e. The van der Waals surface area contributed by atoms with Crippen LogP contribution in [0.4, 0.5) is 0 Å². The topological polar surface area (TPSA) is 21.3 Å². The molecule has 2 aromatic rings. The molecular formula is C17H19BrClNO. The van der Waals surface area contributed by atoms with Gasteiger partial charge in [-0.05, 0) is 68.8 Å². The molecule has 0 spiro atoms. The highest BCUT2D eigenvalue weighted by Gasteiger charge is 2.11. The Kier molecular flexibility index (Phi) is 5.31. The summed E-state index contributed by atoms with van der Waals surface area (Å²) in [6, 6.07) is 10.2. The zero-order chi connectivity index (χ0) is 15.6. The van der Waals surface area contributed by atoms with E-state index in [1.807, 2.05) is 45.2 Å². The Hall–Kier alpha value is -1.03. The fourth-order valence-electron chi connectivity index (χ4n) is 2.25. The van der Waals surface area contributed by atoms with E-state index in [-0.39, 0.29) is 6.04 Å². The third-order valence-electron chi connectivity index (χ3n) is 3.52. The summed E-state index contributed by atoms with van der Waals surface area (Å²) in [7, 11) is 1.95. The second-order valence-corrected chi connectivity index (χ2v) is 6.46. The SMILES string of the molecule is CNC(C)c1ccc(Oc2c(C)cc(Cl)cc2C)cc1Br. The molecule has 1 unspecified atom stereocenters. The highest BCUT2D eigenvalue weighted by atomic mass is 79.9. The van der Waals surface area contributed by atoms with E-state index in [9.17, 15) is 0 Å². The van der Waals surface area contributed by atoms with Gasteiger partial charge < -0.3 is 10.1 Å². The molecule has 0 amide bonds. The molecule has 112 valence electrons. The van der Waals surface area contributed by atoms with E-state index in [4.69, 9.17) is 16.3 Å². The van der Waals surface area contributed by atoms with Crippen LogP contribution >= 0.6 is 27.5 Å². The van der Waals surface area contributed by atoms with E-state index >= 15 is 0 Å². The first-order valence-corrected chi connectivity index (χ1v) is 8.00. The molecule has 0 aliphatic rings. The lowest BCUT2D eigenvalue weighted by atomic mass is 10.1. The Bertz CT molecular complexity index is 634. The molecule has 0 saturated heterocycles.